The third-order valence-electron chi connectivity index (χ3n) is 1.73. The molecule has 1 aromatic rings. The normalized spacial score (nSPS) is 11.8. The van der Waals surface area contributed by atoms with Crippen LogP contribution < -0.4 is 10.0 Å². The van der Waals surface area contributed by atoms with Crippen LogP contribution in [0.4, 0.5) is 0 Å². The molecular weight excluding hydrogens is 248 g/mol. The van der Waals surface area contributed by atoms with E-state index in [9.17, 15) is 13.2 Å². The minimum absolute atomic E-state index is 0.129. The van der Waals surface area contributed by atoms with Gasteiger partial charge in [-0.3, -0.25) is 4.79 Å². The summed E-state index contributed by atoms with van der Waals surface area (Å²) < 4.78 is 25.9. The lowest BCUT2D eigenvalue weighted by atomic mass is 10.4. The Hall–Kier alpha value is -0.920. The summed E-state index contributed by atoms with van der Waals surface area (Å²) in [4.78, 5) is 11.8. The summed E-state index contributed by atoms with van der Waals surface area (Å²) in [5, 5.41) is 3.90. The summed E-state index contributed by atoms with van der Waals surface area (Å²) in [6.07, 6.45) is 0. The van der Waals surface area contributed by atoms with Crippen LogP contribution in [0.2, 0.25) is 0 Å². The number of carbonyl (C=O) groups is 1. The topological polar surface area (TPSA) is 75.3 Å². The van der Waals surface area contributed by atoms with E-state index < -0.39 is 10.0 Å². The first kappa shape index (κ1) is 13.1. The van der Waals surface area contributed by atoms with Crippen molar-refractivity contribution in [1.29, 1.82) is 0 Å². The standard InChI is InChI=1S/C9H14N2O3S2/c1-6(2)11-16(13,14)7-4-8(15-5-7)9(12)10-3/h4-6,11H,1-3H3,(H,10,12). The first-order valence-corrected chi connectivity index (χ1v) is 7.06. The fraction of sp³-hybridized carbons (Fsp3) is 0.444. The molecule has 0 spiro atoms. The Morgan fingerprint density at radius 3 is 2.56 bits per heavy atom. The van der Waals surface area contributed by atoms with Gasteiger partial charge in [0.15, 0.2) is 0 Å². The van der Waals surface area contributed by atoms with Crippen LogP contribution in [0.5, 0.6) is 0 Å². The summed E-state index contributed by atoms with van der Waals surface area (Å²) in [7, 11) is -2.00. The first-order valence-electron chi connectivity index (χ1n) is 4.69. The largest absolute Gasteiger partial charge is 0.354 e. The van der Waals surface area contributed by atoms with Gasteiger partial charge in [0.1, 0.15) is 0 Å². The summed E-state index contributed by atoms with van der Waals surface area (Å²) >= 11 is 1.10. The Morgan fingerprint density at radius 1 is 1.44 bits per heavy atom. The van der Waals surface area contributed by atoms with Crippen LogP contribution in [0.1, 0.15) is 23.5 Å². The predicted molar refractivity (Wildman–Crippen MR) is 63.2 cm³/mol. The highest BCUT2D eigenvalue weighted by Crippen LogP contribution is 2.19. The zero-order chi connectivity index (χ0) is 12.3. The van der Waals surface area contributed by atoms with Gasteiger partial charge in [-0.1, -0.05) is 0 Å². The van der Waals surface area contributed by atoms with Crippen LogP contribution >= 0.6 is 11.3 Å². The maximum Gasteiger partial charge on any atom is 0.261 e. The molecule has 1 heterocycles. The Kier molecular flexibility index (Phi) is 4.06. The SMILES string of the molecule is CNC(=O)c1cc(S(=O)(=O)NC(C)C)cs1. The minimum Gasteiger partial charge on any atom is -0.354 e. The van der Waals surface area contributed by atoms with Crippen LogP contribution in [-0.2, 0) is 10.0 Å². The number of amides is 1. The van der Waals surface area contributed by atoms with Gasteiger partial charge in [-0.2, -0.15) is 0 Å². The van der Waals surface area contributed by atoms with Gasteiger partial charge in [0.2, 0.25) is 10.0 Å². The molecule has 0 fully saturated rings. The fourth-order valence-electron chi connectivity index (χ4n) is 1.08. The molecule has 0 radical (unpaired) electrons. The molecule has 1 aromatic heterocycles. The number of rotatable bonds is 4. The summed E-state index contributed by atoms with van der Waals surface area (Å²) in [5.41, 5.74) is 0. The molecule has 0 aromatic carbocycles. The lowest BCUT2D eigenvalue weighted by molar-refractivity contribution is 0.0967. The number of sulfonamides is 1. The average Bonchev–Trinajstić information content (AvgIpc) is 2.63. The van der Waals surface area contributed by atoms with Crippen molar-refractivity contribution in [2.75, 3.05) is 7.05 Å². The van der Waals surface area contributed by atoms with Gasteiger partial charge >= 0.3 is 0 Å². The fourth-order valence-corrected chi connectivity index (χ4v) is 3.55. The van der Waals surface area contributed by atoms with E-state index >= 15 is 0 Å². The molecule has 0 saturated heterocycles. The number of hydrogen-bond acceptors (Lipinski definition) is 4. The second kappa shape index (κ2) is 4.94. The van der Waals surface area contributed by atoms with Gasteiger partial charge in [-0.05, 0) is 19.9 Å². The molecule has 7 heteroatoms. The van der Waals surface area contributed by atoms with Crippen LogP contribution in [-0.4, -0.2) is 27.4 Å². The molecule has 16 heavy (non-hydrogen) atoms. The number of nitrogens with one attached hydrogen (secondary N) is 2. The quantitative estimate of drug-likeness (QED) is 0.842. The zero-order valence-corrected chi connectivity index (χ0v) is 10.9. The Morgan fingerprint density at radius 2 is 2.06 bits per heavy atom. The highest BCUT2D eigenvalue weighted by Gasteiger charge is 2.18. The number of hydrogen-bond donors (Lipinski definition) is 2. The Bertz CT molecular complexity index is 477. The summed E-state index contributed by atoms with van der Waals surface area (Å²) in [6.45, 7) is 3.48. The third kappa shape index (κ3) is 3.03. The van der Waals surface area contributed by atoms with Gasteiger partial charge in [0.05, 0.1) is 9.77 Å². The van der Waals surface area contributed by atoms with Gasteiger partial charge < -0.3 is 5.32 Å². The van der Waals surface area contributed by atoms with Crippen LogP contribution in [0.15, 0.2) is 16.3 Å². The molecule has 1 amide bonds. The third-order valence-corrected chi connectivity index (χ3v) is 4.44. The second-order valence-electron chi connectivity index (χ2n) is 3.50. The number of carbonyl (C=O) groups excluding carboxylic acids is 1. The van der Waals surface area contributed by atoms with E-state index in [1.807, 2.05) is 0 Å². The minimum atomic E-state index is -3.50. The van der Waals surface area contributed by atoms with Crippen molar-refractivity contribution in [3.8, 4) is 0 Å². The van der Waals surface area contributed by atoms with E-state index in [1.54, 1.807) is 13.8 Å². The lowest BCUT2D eigenvalue weighted by Gasteiger charge is -2.07. The maximum atomic E-state index is 11.7. The Balaban J connectivity index is 2.98. The molecule has 90 valence electrons. The van der Waals surface area contributed by atoms with Crippen molar-refractivity contribution in [3.63, 3.8) is 0 Å². The van der Waals surface area contributed by atoms with Crippen molar-refractivity contribution >= 4 is 27.3 Å². The number of thiophene rings is 1. The summed E-state index contributed by atoms with van der Waals surface area (Å²) in [5.74, 6) is -0.281. The first-order chi connectivity index (χ1) is 7.36. The molecule has 0 atom stereocenters. The molecule has 0 aliphatic rings. The smallest absolute Gasteiger partial charge is 0.261 e. The summed E-state index contributed by atoms with van der Waals surface area (Å²) in [6, 6.07) is 1.20. The Labute approximate surface area is 98.9 Å². The van der Waals surface area contributed by atoms with E-state index in [4.69, 9.17) is 0 Å². The van der Waals surface area contributed by atoms with Crippen molar-refractivity contribution in [2.45, 2.75) is 24.8 Å². The maximum absolute atomic E-state index is 11.7. The molecule has 0 saturated carbocycles. The molecule has 0 aliphatic carbocycles. The van der Waals surface area contributed by atoms with Gasteiger partial charge in [0, 0.05) is 18.5 Å². The van der Waals surface area contributed by atoms with E-state index in [0.29, 0.717) is 4.88 Å². The zero-order valence-electron chi connectivity index (χ0n) is 9.27. The predicted octanol–water partition coefficient (Wildman–Crippen LogP) is 0.794. The average molecular weight is 262 g/mol. The molecule has 5 nitrogen and oxygen atoms in total. The van der Waals surface area contributed by atoms with Crippen molar-refractivity contribution in [3.05, 3.63) is 16.3 Å². The van der Waals surface area contributed by atoms with E-state index in [0.717, 1.165) is 11.3 Å². The highest BCUT2D eigenvalue weighted by molar-refractivity contribution is 7.89. The monoisotopic (exact) mass is 262 g/mol. The van der Waals surface area contributed by atoms with Gasteiger partial charge in [-0.25, -0.2) is 13.1 Å². The van der Waals surface area contributed by atoms with E-state index in [1.165, 1.54) is 18.5 Å². The van der Waals surface area contributed by atoms with Crippen molar-refractivity contribution in [1.82, 2.24) is 10.0 Å². The van der Waals surface area contributed by atoms with Crippen molar-refractivity contribution < 1.29 is 13.2 Å². The van der Waals surface area contributed by atoms with Gasteiger partial charge in [-0.15, -0.1) is 11.3 Å². The molecule has 2 N–H and O–H groups in total. The molecule has 0 bridgehead atoms. The van der Waals surface area contributed by atoms with Crippen LogP contribution in [0, 0.1) is 0 Å². The van der Waals surface area contributed by atoms with Crippen LogP contribution in [0.3, 0.4) is 0 Å². The van der Waals surface area contributed by atoms with Crippen LogP contribution in [0.25, 0.3) is 0 Å². The molecule has 0 unspecified atom stereocenters. The lowest BCUT2D eigenvalue weighted by Crippen LogP contribution is -2.29. The van der Waals surface area contributed by atoms with Crippen molar-refractivity contribution in [2.24, 2.45) is 0 Å². The molecular formula is C9H14N2O3S2. The molecule has 0 aliphatic heterocycles. The second-order valence-corrected chi connectivity index (χ2v) is 6.13. The molecule has 1 rings (SSSR count). The van der Waals surface area contributed by atoms with E-state index in [-0.39, 0.29) is 16.8 Å². The van der Waals surface area contributed by atoms with Gasteiger partial charge in [0.25, 0.3) is 5.91 Å². The van der Waals surface area contributed by atoms with E-state index in [2.05, 4.69) is 10.0 Å². The highest BCUT2D eigenvalue weighted by atomic mass is 32.2.